The van der Waals surface area contributed by atoms with Crippen LogP contribution in [0.5, 0.6) is 11.5 Å². The Morgan fingerprint density at radius 3 is 2.03 bits per heavy atom. The van der Waals surface area contributed by atoms with Gasteiger partial charge in [0.15, 0.2) is 6.29 Å². The van der Waals surface area contributed by atoms with Crippen molar-refractivity contribution in [1.82, 2.24) is 0 Å². The maximum atomic E-state index is 6.25. The minimum atomic E-state index is -0.690. The molecule has 0 radical (unpaired) electrons. The maximum Gasteiger partial charge on any atom is 0.187 e. The van der Waals surface area contributed by atoms with E-state index < -0.39 is 11.9 Å². The second-order valence-corrected chi connectivity index (χ2v) is 7.48. The van der Waals surface area contributed by atoms with Crippen LogP contribution in [0.1, 0.15) is 11.1 Å². The second kappa shape index (κ2) is 9.32. The van der Waals surface area contributed by atoms with Gasteiger partial charge in [0.05, 0.1) is 40.6 Å². The highest BCUT2D eigenvalue weighted by atomic mass is 16.8. The molecule has 2 aromatic rings. The number of rotatable bonds is 10. The van der Waals surface area contributed by atoms with Crippen LogP contribution in [0.2, 0.25) is 0 Å². The van der Waals surface area contributed by atoms with Crippen LogP contribution in [0.15, 0.2) is 48.5 Å². The third-order valence-electron chi connectivity index (χ3n) is 5.55. The van der Waals surface area contributed by atoms with E-state index in [-0.39, 0.29) is 12.2 Å². The van der Waals surface area contributed by atoms with Crippen molar-refractivity contribution in [3.05, 3.63) is 59.7 Å². The summed E-state index contributed by atoms with van der Waals surface area (Å²) in [6, 6.07) is 15.6. The third kappa shape index (κ3) is 4.31. The van der Waals surface area contributed by atoms with E-state index in [2.05, 4.69) is 0 Å². The van der Waals surface area contributed by atoms with E-state index >= 15 is 0 Å². The summed E-state index contributed by atoms with van der Waals surface area (Å²) < 4.78 is 40.2. The van der Waals surface area contributed by atoms with Gasteiger partial charge in [-0.15, -0.1) is 0 Å². The zero-order valence-electron chi connectivity index (χ0n) is 17.5. The Labute approximate surface area is 176 Å². The lowest BCUT2D eigenvalue weighted by molar-refractivity contribution is -0.246. The molecule has 2 fully saturated rings. The van der Waals surface area contributed by atoms with Gasteiger partial charge >= 0.3 is 0 Å². The summed E-state index contributed by atoms with van der Waals surface area (Å²) in [6.07, 6.45) is -1.03. The molecule has 0 amide bonds. The lowest BCUT2D eigenvalue weighted by Crippen LogP contribution is -2.46. The van der Waals surface area contributed by atoms with Gasteiger partial charge in [0.2, 0.25) is 0 Å². The molecule has 0 spiro atoms. The van der Waals surface area contributed by atoms with Gasteiger partial charge in [0, 0.05) is 7.11 Å². The number of methoxy groups -OCH3 is 3. The largest absolute Gasteiger partial charge is 0.497 e. The van der Waals surface area contributed by atoms with E-state index in [9.17, 15) is 0 Å². The molecule has 1 unspecified atom stereocenters. The lowest BCUT2D eigenvalue weighted by Gasteiger charge is -2.30. The average Bonchev–Trinajstić information content (AvgIpc) is 3.30. The molecule has 2 aliphatic rings. The van der Waals surface area contributed by atoms with Crippen LogP contribution in [0, 0.1) is 0 Å². The van der Waals surface area contributed by atoms with Crippen LogP contribution >= 0.6 is 0 Å². The summed E-state index contributed by atoms with van der Waals surface area (Å²) in [6.45, 7) is 1.66. The predicted molar refractivity (Wildman–Crippen MR) is 109 cm³/mol. The van der Waals surface area contributed by atoms with Gasteiger partial charge in [-0.25, -0.2) is 0 Å². The number of ether oxygens (including phenoxy) is 7. The summed E-state index contributed by atoms with van der Waals surface area (Å²) in [7, 11) is 4.91. The van der Waals surface area contributed by atoms with Crippen molar-refractivity contribution < 1.29 is 33.2 Å². The highest BCUT2D eigenvalue weighted by Gasteiger charge is 2.63. The summed E-state index contributed by atoms with van der Waals surface area (Å²) in [5, 5.41) is 0. The molecule has 0 saturated carbocycles. The first-order valence-electron chi connectivity index (χ1n) is 9.95. The quantitative estimate of drug-likeness (QED) is 0.590. The molecule has 2 bridgehead atoms. The fraction of sp³-hybridized carbons (Fsp3) is 0.478. The van der Waals surface area contributed by atoms with Gasteiger partial charge in [-0.05, 0) is 35.4 Å². The smallest absolute Gasteiger partial charge is 0.187 e. The Morgan fingerprint density at radius 2 is 1.47 bits per heavy atom. The monoisotopic (exact) mass is 416 g/mol. The normalized spacial score (nSPS) is 27.4. The van der Waals surface area contributed by atoms with E-state index in [0.717, 1.165) is 22.6 Å². The Hall–Kier alpha value is -2.16. The maximum absolute atomic E-state index is 6.25. The average molecular weight is 416 g/mol. The van der Waals surface area contributed by atoms with E-state index in [4.69, 9.17) is 33.2 Å². The van der Waals surface area contributed by atoms with Crippen molar-refractivity contribution in [2.24, 2.45) is 0 Å². The molecule has 0 aromatic heterocycles. The van der Waals surface area contributed by atoms with Gasteiger partial charge in [-0.1, -0.05) is 24.3 Å². The minimum Gasteiger partial charge on any atom is -0.497 e. The number of fused-ring (bicyclic) bond motifs is 2. The Kier molecular flexibility index (Phi) is 6.55. The fourth-order valence-corrected chi connectivity index (χ4v) is 3.88. The van der Waals surface area contributed by atoms with Crippen LogP contribution in [0.25, 0.3) is 0 Å². The van der Waals surface area contributed by atoms with Gasteiger partial charge in [-0.2, -0.15) is 0 Å². The first kappa shape index (κ1) is 21.1. The molecule has 2 saturated heterocycles. The summed E-state index contributed by atoms with van der Waals surface area (Å²) in [5.41, 5.74) is 1.41. The Morgan fingerprint density at radius 1 is 0.867 bits per heavy atom. The minimum absolute atomic E-state index is 0.277. The molecule has 2 aromatic carbocycles. The highest BCUT2D eigenvalue weighted by molar-refractivity contribution is 5.27. The van der Waals surface area contributed by atoms with E-state index in [1.807, 2.05) is 48.5 Å². The van der Waals surface area contributed by atoms with Crippen molar-refractivity contribution in [3.8, 4) is 11.5 Å². The molecular weight excluding hydrogens is 388 g/mol. The van der Waals surface area contributed by atoms with E-state index in [1.165, 1.54) is 0 Å². The zero-order chi connectivity index (χ0) is 21.0. The standard InChI is InChI=1S/C23H28O7/c1-24-18-8-4-16(5-9-18)12-27-14-23-15-29-20(22(26-3)30-23)21(23)28-13-17-6-10-19(25-2)11-7-17/h4-11,20-22H,12-15H2,1-3H3/t20-,21?,22+,23-/m0/s1. The molecule has 4 rings (SSSR count). The number of benzene rings is 2. The topological polar surface area (TPSA) is 64.6 Å². The molecule has 30 heavy (non-hydrogen) atoms. The first-order chi connectivity index (χ1) is 14.7. The lowest BCUT2D eigenvalue weighted by atomic mass is 10.00. The van der Waals surface area contributed by atoms with Crippen LogP contribution in [0.4, 0.5) is 0 Å². The summed E-state index contributed by atoms with van der Waals surface area (Å²) >= 11 is 0. The third-order valence-corrected chi connectivity index (χ3v) is 5.55. The number of hydrogen-bond donors (Lipinski definition) is 0. The molecule has 0 aliphatic carbocycles. The zero-order valence-corrected chi connectivity index (χ0v) is 17.5. The number of hydrogen-bond acceptors (Lipinski definition) is 7. The Bertz CT molecular complexity index is 807. The van der Waals surface area contributed by atoms with E-state index in [1.54, 1.807) is 21.3 Å². The van der Waals surface area contributed by atoms with E-state index in [0.29, 0.717) is 26.4 Å². The van der Waals surface area contributed by atoms with Crippen LogP contribution in [-0.2, 0) is 36.9 Å². The van der Waals surface area contributed by atoms with Crippen LogP contribution in [-0.4, -0.2) is 58.6 Å². The van der Waals surface area contributed by atoms with Crippen LogP contribution < -0.4 is 9.47 Å². The first-order valence-corrected chi connectivity index (χ1v) is 9.95. The second-order valence-electron chi connectivity index (χ2n) is 7.48. The Balaban J connectivity index is 1.38. The van der Waals surface area contributed by atoms with Crippen molar-refractivity contribution >= 4 is 0 Å². The highest BCUT2D eigenvalue weighted by Crippen LogP contribution is 2.43. The van der Waals surface area contributed by atoms with Gasteiger partial charge in [-0.3, -0.25) is 0 Å². The molecule has 2 aliphatic heterocycles. The van der Waals surface area contributed by atoms with Crippen LogP contribution in [0.3, 0.4) is 0 Å². The summed E-state index contributed by atoms with van der Waals surface area (Å²) in [5.74, 6) is 1.63. The molecule has 0 N–H and O–H groups in total. The molecule has 4 atom stereocenters. The molecule has 7 nitrogen and oxygen atoms in total. The van der Waals surface area contributed by atoms with Crippen molar-refractivity contribution in [3.63, 3.8) is 0 Å². The SMILES string of the molecule is COc1ccc(COC[C@]23CO[C@@H](C2OCc2ccc(OC)cc2)[C@H](OC)O3)cc1. The molecule has 7 heteroatoms. The molecule has 2 heterocycles. The summed E-state index contributed by atoms with van der Waals surface area (Å²) in [4.78, 5) is 0. The fourth-order valence-electron chi connectivity index (χ4n) is 3.88. The van der Waals surface area contributed by atoms with Gasteiger partial charge < -0.3 is 33.2 Å². The predicted octanol–water partition coefficient (Wildman–Crippen LogP) is 2.95. The van der Waals surface area contributed by atoms with Gasteiger partial charge in [0.25, 0.3) is 0 Å². The molecule has 162 valence electrons. The van der Waals surface area contributed by atoms with Gasteiger partial charge in [0.1, 0.15) is 29.3 Å². The van der Waals surface area contributed by atoms with Crippen molar-refractivity contribution in [2.75, 3.05) is 34.5 Å². The molecular formula is C23H28O7. The van der Waals surface area contributed by atoms with Crippen molar-refractivity contribution in [2.45, 2.75) is 37.3 Å². The van der Waals surface area contributed by atoms with Crippen molar-refractivity contribution in [1.29, 1.82) is 0 Å².